The quantitative estimate of drug-likeness (QED) is 0.164. The first-order chi connectivity index (χ1) is 38.6. The monoisotopic (exact) mass is 988 g/mol. The number of nitrogens with zero attached hydrogens (tertiary/aromatic N) is 6. The summed E-state index contributed by atoms with van der Waals surface area (Å²) in [5, 5.41) is 20.8. The van der Waals surface area contributed by atoms with Crippen molar-refractivity contribution in [3.05, 3.63) is 243 Å². The van der Waals surface area contributed by atoms with Gasteiger partial charge in [0.05, 0.1) is 50.2 Å². The van der Waals surface area contributed by atoms with E-state index in [0.29, 0.717) is 0 Å². The normalized spacial score (nSPS) is 12.1. The predicted octanol–water partition coefficient (Wildman–Crippen LogP) is 18.6. The second-order valence-electron chi connectivity index (χ2n) is 20.5. The van der Waals surface area contributed by atoms with Gasteiger partial charge < -0.3 is 0 Å². The zero-order chi connectivity index (χ0) is 51.0. The molecule has 0 amide bonds. The van der Waals surface area contributed by atoms with Crippen molar-refractivity contribution < 1.29 is 0 Å². The summed E-state index contributed by atoms with van der Waals surface area (Å²) in [5.74, 6) is 0. The molecule has 0 N–H and O–H groups in total. The average molecular weight is 989 g/mol. The van der Waals surface area contributed by atoms with Crippen molar-refractivity contribution in [2.75, 3.05) is 0 Å². The van der Waals surface area contributed by atoms with E-state index in [4.69, 9.17) is 29.9 Å². The van der Waals surface area contributed by atoms with Crippen LogP contribution >= 0.6 is 0 Å². The average Bonchev–Trinajstić information content (AvgIpc) is 3.71. The molecule has 0 saturated heterocycles. The maximum Gasteiger partial charge on any atom is 0.0972 e. The Kier molecular flexibility index (Phi) is 9.03. The van der Waals surface area contributed by atoms with Crippen LogP contribution in [0.3, 0.4) is 0 Å². The Balaban J connectivity index is 0.786. The van der Waals surface area contributed by atoms with Crippen molar-refractivity contribution in [2.24, 2.45) is 0 Å². The molecule has 17 rings (SSSR count). The number of rotatable bonds is 4. The second kappa shape index (κ2) is 16.5. The lowest BCUT2D eigenvalue weighted by Crippen LogP contribution is -1.93. The SMILES string of the molecule is c1cnc2c(c1)ccc1ccc(-c3ccc4c5ccc(-c6ccc7cc(-c8cccc9c%10ccc(-c%11ccc%12ccc%13cccnc%13c%12n%11)cc%10c%10ccccc%10c89)c8cccnc8c7n6)cc5c5ccccc5c4c3)nc12. The van der Waals surface area contributed by atoms with Crippen molar-refractivity contribution in [3.8, 4) is 44.9 Å². The first-order valence-corrected chi connectivity index (χ1v) is 26.4. The van der Waals surface area contributed by atoms with Crippen LogP contribution in [0.5, 0.6) is 0 Å². The summed E-state index contributed by atoms with van der Waals surface area (Å²) in [6, 6.07) is 80.8. The Morgan fingerprint density at radius 1 is 0.205 bits per heavy atom. The molecular formula is C72H40N6. The summed E-state index contributed by atoms with van der Waals surface area (Å²) in [4.78, 5) is 30.5. The number of fused-ring (bicyclic) bond motifs is 21. The van der Waals surface area contributed by atoms with Crippen LogP contribution in [0.15, 0.2) is 243 Å². The summed E-state index contributed by atoms with van der Waals surface area (Å²) in [5.41, 5.74) is 13.7. The van der Waals surface area contributed by atoms with E-state index >= 15 is 0 Å². The van der Waals surface area contributed by atoms with Crippen molar-refractivity contribution in [1.29, 1.82) is 0 Å². The van der Waals surface area contributed by atoms with Crippen LogP contribution in [0, 0.1) is 0 Å². The molecule has 0 bridgehead atoms. The highest BCUT2D eigenvalue weighted by Gasteiger charge is 2.20. The van der Waals surface area contributed by atoms with Crippen LogP contribution in [0.4, 0.5) is 0 Å². The largest absolute Gasteiger partial charge is 0.254 e. The van der Waals surface area contributed by atoms with Crippen LogP contribution in [0.2, 0.25) is 0 Å². The first-order valence-electron chi connectivity index (χ1n) is 26.4. The van der Waals surface area contributed by atoms with Gasteiger partial charge >= 0.3 is 0 Å². The van der Waals surface area contributed by atoms with Crippen LogP contribution < -0.4 is 0 Å². The number of aromatic nitrogens is 6. The Morgan fingerprint density at radius 2 is 0.577 bits per heavy atom. The lowest BCUT2D eigenvalue weighted by molar-refractivity contribution is 1.37. The summed E-state index contributed by atoms with van der Waals surface area (Å²) < 4.78 is 0. The molecule has 6 heteroatoms. The van der Waals surface area contributed by atoms with Gasteiger partial charge in [-0.1, -0.05) is 164 Å². The molecule has 358 valence electrons. The van der Waals surface area contributed by atoms with E-state index in [1.54, 1.807) is 0 Å². The predicted molar refractivity (Wildman–Crippen MR) is 325 cm³/mol. The summed E-state index contributed by atoms with van der Waals surface area (Å²) >= 11 is 0. The Morgan fingerprint density at radius 3 is 1.10 bits per heavy atom. The van der Waals surface area contributed by atoms with Crippen LogP contribution in [0.1, 0.15) is 0 Å². The molecule has 0 atom stereocenters. The van der Waals surface area contributed by atoms with Gasteiger partial charge in [-0.3, -0.25) is 15.0 Å². The highest BCUT2D eigenvalue weighted by Crippen LogP contribution is 2.45. The van der Waals surface area contributed by atoms with Crippen LogP contribution in [0.25, 0.3) is 175 Å². The Bertz CT molecular complexity index is 5430. The Labute approximate surface area is 445 Å². The highest BCUT2D eigenvalue weighted by molar-refractivity contribution is 6.30. The third-order valence-electron chi connectivity index (χ3n) is 16.3. The van der Waals surface area contributed by atoms with Gasteiger partial charge in [0.15, 0.2) is 0 Å². The number of hydrogen-bond acceptors (Lipinski definition) is 6. The van der Waals surface area contributed by atoms with Crippen molar-refractivity contribution in [2.45, 2.75) is 0 Å². The van der Waals surface area contributed by atoms with E-state index < -0.39 is 0 Å². The van der Waals surface area contributed by atoms with Gasteiger partial charge in [0.2, 0.25) is 0 Å². The second-order valence-corrected chi connectivity index (χ2v) is 20.5. The van der Waals surface area contributed by atoms with Gasteiger partial charge in [-0.05, 0) is 136 Å². The standard InChI is InChI=1S/C72H40N6/c1-2-12-50-49(11-1)59-37-45(63-31-25-43-20-18-41-9-6-34-73-67(41)69(43)76-63)22-28-52(59)53-29-23-46(38-60(50)53)65-33-27-48-40-62(58-17-8-36-75-72(58)71(48)78-65)57-16-5-15-56-54-30-24-47(39-61(54)51-13-3-4-14-55(51)66(56)57)64-32-26-44-21-19-42-10-7-35-74-68(42)70(44)77-64/h1-40H. The van der Waals surface area contributed by atoms with E-state index in [0.717, 1.165) is 110 Å². The van der Waals surface area contributed by atoms with E-state index in [-0.39, 0.29) is 0 Å². The van der Waals surface area contributed by atoms with Gasteiger partial charge in [-0.2, -0.15) is 0 Å². The van der Waals surface area contributed by atoms with Crippen LogP contribution in [-0.2, 0) is 0 Å². The van der Waals surface area contributed by atoms with Gasteiger partial charge in [0.1, 0.15) is 0 Å². The molecule has 0 spiro atoms. The van der Waals surface area contributed by atoms with Crippen molar-refractivity contribution in [3.63, 3.8) is 0 Å². The van der Waals surface area contributed by atoms with Gasteiger partial charge in [-0.25, -0.2) is 15.0 Å². The summed E-state index contributed by atoms with van der Waals surface area (Å²) in [6.07, 6.45) is 5.58. The number of benzene rings is 11. The summed E-state index contributed by atoms with van der Waals surface area (Å²) in [7, 11) is 0. The molecule has 0 aliphatic rings. The maximum atomic E-state index is 5.48. The van der Waals surface area contributed by atoms with Gasteiger partial charge in [0, 0.05) is 67.6 Å². The minimum absolute atomic E-state index is 0.878. The molecule has 0 fully saturated rings. The van der Waals surface area contributed by atoms with E-state index in [1.807, 2.05) is 36.8 Å². The Hall–Kier alpha value is -10.6. The first kappa shape index (κ1) is 42.8. The van der Waals surface area contributed by atoms with Gasteiger partial charge in [0.25, 0.3) is 0 Å². The minimum Gasteiger partial charge on any atom is -0.254 e. The minimum atomic E-state index is 0.878. The molecule has 6 heterocycles. The van der Waals surface area contributed by atoms with E-state index in [1.165, 1.54) is 64.6 Å². The molecule has 0 aliphatic heterocycles. The highest BCUT2D eigenvalue weighted by atomic mass is 14.8. The molecule has 11 aromatic carbocycles. The third-order valence-corrected chi connectivity index (χ3v) is 16.3. The fourth-order valence-electron chi connectivity index (χ4n) is 12.6. The lowest BCUT2D eigenvalue weighted by atomic mass is 9.87. The maximum absolute atomic E-state index is 5.48. The fraction of sp³-hybridized carbons (Fsp3) is 0. The zero-order valence-corrected chi connectivity index (χ0v) is 41.8. The zero-order valence-electron chi connectivity index (χ0n) is 41.8. The molecule has 0 aliphatic carbocycles. The molecule has 6 aromatic heterocycles. The molecule has 78 heavy (non-hydrogen) atoms. The van der Waals surface area contributed by atoms with Crippen molar-refractivity contribution >= 4 is 130 Å². The third kappa shape index (κ3) is 6.38. The molecular weight excluding hydrogens is 949 g/mol. The molecule has 0 saturated carbocycles. The topological polar surface area (TPSA) is 77.3 Å². The fourth-order valence-corrected chi connectivity index (χ4v) is 12.6. The number of hydrogen-bond donors (Lipinski definition) is 0. The van der Waals surface area contributed by atoms with E-state index in [9.17, 15) is 0 Å². The molecule has 0 unspecified atom stereocenters. The lowest BCUT2D eigenvalue weighted by Gasteiger charge is -2.17. The summed E-state index contributed by atoms with van der Waals surface area (Å²) in [6.45, 7) is 0. The van der Waals surface area contributed by atoms with Crippen LogP contribution in [-0.4, -0.2) is 29.9 Å². The molecule has 0 radical (unpaired) electrons. The van der Waals surface area contributed by atoms with Gasteiger partial charge in [-0.15, -0.1) is 0 Å². The smallest absolute Gasteiger partial charge is 0.0972 e. The number of pyridine rings is 6. The molecule has 6 nitrogen and oxygen atoms in total. The van der Waals surface area contributed by atoms with Crippen molar-refractivity contribution in [1.82, 2.24) is 29.9 Å². The molecule has 17 aromatic rings. The van der Waals surface area contributed by atoms with E-state index in [2.05, 4.69) is 206 Å².